The number of hydrogen-bond acceptors (Lipinski definition) is 8. The molecule has 9 heteroatoms. The lowest BCUT2D eigenvalue weighted by molar-refractivity contribution is -0.384. The molecule has 0 radical (unpaired) electrons. The molecule has 3 rings (SSSR count). The van der Waals surface area contributed by atoms with Crippen molar-refractivity contribution in [3.63, 3.8) is 0 Å². The van der Waals surface area contributed by atoms with Crippen molar-refractivity contribution >= 4 is 28.8 Å². The van der Waals surface area contributed by atoms with Crippen molar-refractivity contribution in [2.75, 3.05) is 50.1 Å². The standard InChI is InChI=1S/C18H21N5O4/c1-27-17(24)13-21-9-11-22(12-10-21)15-6-4-14(5-7-15)20-18-16(23(25)26)3-2-8-19-18/h2-8H,9-13H2,1H3,(H,19,20). The third-order valence-corrected chi connectivity index (χ3v) is 4.43. The van der Waals surface area contributed by atoms with Gasteiger partial charge in [0, 0.05) is 49.8 Å². The van der Waals surface area contributed by atoms with Gasteiger partial charge in [-0.25, -0.2) is 4.98 Å². The summed E-state index contributed by atoms with van der Waals surface area (Å²) in [7, 11) is 1.40. The number of nitro groups is 1. The van der Waals surface area contributed by atoms with Gasteiger partial charge in [-0.2, -0.15) is 0 Å². The summed E-state index contributed by atoms with van der Waals surface area (Å²) in [6.45, 7) is 3.52. The molecule has 1 aromatic heterocycles. The minimum atomic E-state index is -0.461. The van der Waals surface area contributed by atoms with Gasteiger partial charge in [-0.3, -0.25) is 19.8 Å². The fraction of sp³-hybridized carbons (Fsp3) is 0.333. The van der Waals surface area contributed by atoms with E-state index in [0.717, 1.165) is 37.6 Å². The van der Waals surface area contributed by atoms with Crippen LogP contribution in [0.4, 0.5) is 22.9 Å². The third kappa shape index (κ3) is 4.70. The van der Waals surface area contributed by atoms with Crippen LogP contribution in [-0.2, 0) is 9.53 Å². The van der Waals surface area contributed by atoms with Gasteiger partial charge in [-0.05, 0) is 30.3 Å². The summed E-state index contributed by atoms with van der Waals surface area (Å²) < 4.78 is 4.70. The van der Waals surface area contributed by atoms with Crippen LogP contribution in [0.5, 0.6) is 0 Å². The second-order valence-corrected chi connectivity index (χ2v) is 6.14. The second-order valence-electron chi connectivity index (χ2n) is 6.14. The molecule has 0 saturated carbocycles. The van der Waals surface area contributed by atoms with Crippen LogP contribution in [0.1, 0.15) is 0 Å². The van der Waals surface area contributed by atoms with Crippen LogP contribution in [0.15, 0.2) is 42.6 Å². The number of aromatic nitrogens is 1. The Labute approximate surface area is 156 Å². The number of carbonyl (C=O) groups excluding carboxylic acids is 1. The highest BCUT2D eigenvalue weighted by atomic mass is 16.6. The minimum Gasteiger partial charge on any atom is -0.468 e. The Kier molecular flexibility index (Phi) is 5.82. The van der Waals surface area contributed by atoms with E-state index < -0.39 is 4.92 Å². The first-order valence-corrected chi connectivity index (χ1v) is 8.57. The van der Waals surface area contributed by atoms with Crippen LogP contribution in [0.25, 0.3) is 0 Å². The molecule has 1 fully saturated rings. The molecule has 0 atom stereocenters. The molecular formula is C18H21N5O4. The SMILES string of the molecule is COC(=O)CN1CCN(c2ccc(Nc3ncccc3[N+](=O)[O-])cc2)CC1. The van der Waals surface area contributed by atoms with E-state index in [9.17, 15) is 14.9 Å². The highest BCUT2D eigenvalue weighted by Gasteiger charge is 2.19. The summed E-state index contributed by atoms with van der Waals surface area (Å²) in [5.74, 6) is -0.00540. The monoisotopic (exact) mass is 371 g/mol. The van der Waals surface area contributed by atoms with Crippen LogP contribution in [0.3, 0.4) is 0 Å². The number of carbonyl (C=O) groups is 1. The van der Waals surface area contributed by atoms with Gasteiger partial charge in [-0.1, -0.05) is 0 Å². The van der Waals surface area contributed by atoms with Crippen LogP contribution in [0.2, 0.25) is 0 Å². The molecule has 1 aliphatic rings. The fourth-order valence-electron chi connectivity index (χ4n) is 2.94. The molecule has 1 aliphatic heterocycles. The van der Waals surface area contributed by atoms with E-state index in [-0.39, 0.29) is 17.5 Å². The number of methoxy groups -OCH3 is 1. The van der Waals surface area contributed by atoms with Gasteiger partial charge in [0.05, 0.1) is 18.6 Å². The first kappa shape index (κ1) is 18.6. The Morgan fingerprint density at radius 3 is 2.56 bits per heavy atom. The predicted molar refractivity (Wildman–Crippen MR) is 101 cm³/mol. The number of hydrogen-bond donors (Lipinski definition) is 1. The molecule has 0 bridgehead atoms. The molecule has 0 spiro atoms. The van der Waals surface area contributed by atoms with Gasteiger partial charge < -0.3 is 15.0 Å². The van der Waals surface area contributed by atoms with Crippen molar-refractivity contribution in [1.82, 2.24) is 9.88 Å². The average molecular weight is 371 g/mol. The molecule has 0 aliphatic carbocycles. The number of nitrogens with one attached hydrogen (secondary N) is 1. The van der Waals surface area contributed by atoms with Gasteiger partial charge in [0.2, 0.25) is 5.82 Å². The summed E-state index contributed by atoms with van der Waals surface area (Å²) in [6.07, 6.45) is 1.51. The van der Waals surface area contributed by atoms with E-state index in [0.29, 0.717) is 6.54 Å². The number of nitrogens with zero attached hydrogens (tertiary/aromatic N) is 4. The first-order chi connectivity index (χ1) is 13.1. The van der Waals surface area contributed by atoms with Gasteiger partial charge >= 0.3 is 11.7 Å². The Balaban J connectivity index is 1.60. The molecule has 2 heterocycles. The topological polar surface area (TPSA) is 101 Å². The van der Waals surface area contributed by atoms with Crippen LogP contribution >= 0.6 is 0 Å². The number of benzene rings is 1. The van der Waals surface area contributed by atoms with Crippen molar-refractivity contribution in [3.05, 3.63) is 52.7 Å². The number of anilines is 3. The third-order valence-electron chi connectivity index (χ3n) is 4.43. The lowest BCUT2D eigenvalue weighted by Gasteiger charge is -2.35. The van der Waals surface area contributed by atoms with E-state index in [1.807, 2.05) is 24.3 Å². The van der Waals surface area contributed by atoms with Crippen molar-refractivity contribution < 1.29 is 14.5 Å². The molecule has 9 nitrogen and oxygen atoms in total. The molecule has 27 heavy (non-hydrogen) atoms. The molecule has 1 saturated heterocycles. The van der Waals surface area contributed by atoms with Gasteiger partial charge in [0.1, 0.15) is 0 Å². The van der Waals surface area contributed by atoms with E-state index in [2.05, 4.69) is 20.1 Å². The fourth-order valence-corrected chi connectivity index (χ4v) is 2.94. The zero-order valence-corrected chi connectivity index (χ0v) is 15.0. The molecule has 2 aromatic rings. The van der Waals surface area contributed by atoms with E-state index in [1.54, 1.807) is 0 Å². The number of esters is 1. The number of rotatable bonds is 6. The lowest BCUT2D eigenvalue weighted by atomic mass is 10.2. The maximum Gasteiger partial charge on any atom is 0.319 e. The van der Waals surface area contributed by atoms with Crippen molar-refractivity contribution in [1.29, 1.82) is 0 Å². The van der Waals surface area contributed by atoms with E-state index in [4.69, 9.17) is 4.74 Å². The Bertz CT molecular complexity index is 804. The van der Waals surface area contributed by atoms with E-state index >= 15 is 0 Å². The summed E-state index contributed by atoms with van der Waals surface area (Å²) in [5.41, 5.74) is 1.72. The normalized spacial score (nSPS) is 14.6. The Morgan fingerprint density at radius 1 is 1.22 bits per heavy atom. The summed E-state index contributed by atoms with van der Waals surface area (Å²) >= 11 is 0. The first-order valence-electron chi connectivity index (χ1n) is 8.57. The molecule has 1 aromatic carbocycles. The summed E-state index contributed by atoms with van der Waals surface area (Å²) in [6, 6.07) is 10.6. The smallest absolute Gasteiger partial charge is 0.319 e. The maximum atomic E-state index is 11.4. The molecule has 142 valence electrons. The lowest BCUT2D eigenvalue weighted by Crippen LogP contribution is -2.48. The zero-order chi connectivity index (χ0) is 19.2. The molecule has 1 N–H and O–H groups in total. The highest BCUT2D eigenvalue weighted by Crippen LogP contribution is 2.26. The summed E-state index contributed by atoms with van der Waals surface area (Å²) in [5, 5.41) is 14.1. The second kappa shape index (κ2) is 8.45. The average Bonchev–Trinajstić information content (AvgIpc) is 2.69. The highest BCUT2D eigenvalue weighted by molar-refractivity contribution is 5.71. The Morgan fingerprint density at radius 2 is 1.93 bits per heavy atom. The van der Waals surface area contributed by atoms with Gasteiger partial charge in [0.15, 0.2) is 0 Å². The maximum absolute atomic E-state index is 11.4. The number of piperazine rings is 1. The van der Waals surface area contributed by atoms with Crippen LogP contribution < -0.4 is 10.2 Å². The van der Waals surface area contributed by atoms with Crippen molar-refractivity contribution in [3.8, 4) is 0 Å². The largest absolute Gasteiger partial charge is 0.468 e. The Hall–Kier alpha value is -3.20. The van der Waals surface area contributed by atoms with Gasteiger partial charge in [0.25, 0.3) is 0 Å². The van der Waals surface area contributed by atoms with E-state index in [1.165, 1.54) is 25.4 Å². The zero-order valence-electron chi connectivity index (χ0n) is 15.0. The van der Waals surface area contributed by atoms with Crippen LogP contribution in [-0.4, -0.2) is 60.6 Å². The number of ether oxygens (including phenoxy) is 1. The molecule has 0 amide bonds. The summed E-state index contributed by atoms with van der Waals surface area (Å²) in [4.78, 5) is 30.3. The van der Waals surface area contributed by atoms with Crippen LogP contribution in [0, 0.1) is 10.1 Å². The minimum absolute atomic E-state index is 0.0664. The molecular weight excluding hydrogens is 350 g/mol. The predicted octanol–water partition coefficient (Wildman–Crippen LogP) is 2.03. The van der Waals surface area contributed by atoms with Crippen molar-refractivity contribution in [2.24, 2.45) is 0 Å². The number of pyridine rings is 1. The van der Waals surface area contributed by atoms with Gasteiger partial charge in [-0.15, -0.1) is 0 Å². The quantitative estimate of drug-likeness (QED) is 0.468. The molecule has 0 unspecified atom stereocenters. The van der Waals surface area contributed by atoms with Crippen molar-refractivity contribution in [2.45, 2.75) is 0 Å².